The molecule has 4 unspecified atom stereocenters. The predicted molar refractivity (Wildman–Crippen MR) is 84.7 cm³/mol. The first-order chi connectivity index (χ1) is 10.2. The molecule has 1 aliphatic heterocycles. The maximum atomic E-state index is 13.4. The first-order valence-corrected chi connectivity index (χ1v) is 8.49. The minimum Gasteiger partial charge on any atom is -0.314 e. The van der Waals surface area contributed by atoms with Crippen molar-refractivity contribution >= 4 is 0 Å². The van der Waals surface area contributed by atoms with Crippen LogP contribution in [-0.4, -0.2) is 18.6 Å². The monoisotopic (exact) mass is 290 g/mol. The highest BCUT2D eigenvalue weighted by Gasteiger charge is 2.34. The van der Waals surface area contributed by atoms with Gasteiger partial charge in [-0.2, -0.15) is 0 Å². The lowest BCUT2D eigenvalue weighted by Crippen LogP contribution is -2.47. The van der Waals surface area contributed by atoms with E-state index in [0.29, 0.717) is 12.1 Å². The van der Waals surface area contributed by atoms with E-state index in [2.05, 4.69) is 17.6 Å². The molecule has 0 amide bonds. The van der Waals surface area contributed by atoms with Crippen LogP contribution in [0.3, 0.4) is 0 Å². The lowest BCUT2D eigenvalue weighted by atomic mass is 9.88. The summed E-state index contributed by atoms with van der Waals surface area (Å²) in [5, 5.41) is 7.48. The third-order valence-electron chi connectivity index (χ3n) is 5.25. The Hall–Kier alpha value is -0.930. The van der Waals surface area contributed by atoms with Crippen LogP contribution in [0.5, 0.6) is 0 Å². The van der Waals surface area contributed by atoms with E-state index in [0.717, 1.165) is 11.5 Å². The van der Waals surface area contributed by atoms with Gasteiger partial charge < -0.3 is 10.6 Å². The van der Waals surface area contributed by atoms with Crippen molar-refractivity contribution in [2.45, 2.75) is 63.6 Å². The molecule has 2 nitrogen and oxygen atoms in total. The number of hydrogen-bond acceptors (Lipinski definition) is 2. The molecule has 2 fully saturated rings. The first-order valence-electron chi connectivity index (χ1n) is 8.49. The third-order valence-corrected chi connectivity index (χ3v) is 5.25. The van der Waals surface area contributed by atoms with Crippen molar-refractivity contribution < 1.29 is 4.39 Å². The molecule has 4 atom stereocenters. The summed E-state index contributed by atoms with van der Waals surface area (Å²) in [5.74, 6) is 0.597. The summed E-state index contributed by atoms with van der Waals surface area (Å²) in [6, 6.07) is 8.45. The van der Waals surface area contributed by atoms with E-state index in [9.17, 15) is 4.39 Å². The Morgan fingerprint density at radius 1 is 1.19 bits per heavy atom. The molecular weight excluding hydrogens is 263 g/mol. The van der Waals surface area contributed by atoms with E-state index < -0.39 is 0 Å². The topological polar surface area (TPSA) is 24.1 Å². The predicted octanol–water partition coefficient (Wildman–Crippen LogP) is 3.79. The molecule has 0 bridgehead atoms. The highest BCUT2D eigenvalue weighted by molar-refractivity contribution is 5.19. The van der Waals surface area contributed by atoms with Gasteiger partial charge in [0.2, 0.25) is 0 Å². The zero-order chi connectivity index (χ0) is 14.7. The summed E-state index contributed by atoms with van der Waals surface area (Å²) in [4.78, 5) is 0. The molecule has 116 valence electrons. The summed E-state index contributed by atoms with van der Waals surface area (Å²) >= 11 is 0. The van der Waals surface area contributed by atoms with Crippen LogP contribution in [0.2, 0.25) is 0 Å². The van der Waals surface area contributed by atoms with Gasteiger partial charge in [-0.25, -0.2) is 4.39 Å². The van der Waals surface area contributed by atoms with Gasteiger partial charge in [0.05, 0.1) is 0 Å². The molecule has 1 saturated heterocycles. The number of benzene rings is 1. The Morgan fingerprint density at radius 3 is 2.86 bits per heavy atom. The maximum absolute atomic E-state index is 13.4. The summed E-state index contributed by atoms with van der Waals surface area (Å²) in [5.41, 5.74) is 1.05. The van der Waals surface area contributed by atoms with Gasteiger partial charge in [-0.1, -0.05) is 25.0 Å². The van der Waals surface area contributed by atoms with Crippen LogP contribution in [0.4, 0.5) is 4.39 Å². The van der Waals surface area contributed by atoms with E-state index in [-0.39, 0.29) is 11.9 Å². The van der Waals surface area contributed by atoms with Gasteiger partial charge in [0, 0.05) is 18.1 Å². The van der Waals surface area contributed by atoms with Crippen molar-refractivity contribution in [2.75, 3.05) is 6.54 Å². The van der Waals surface area contributed by atoms with Crippen molar-refractivity contribution in [1.82, 2.24) is 10.6 Å². The molecule has 0 spiro atoms. The van der Waals surface area contributed by atoms with Crippen molar-refractivity contribution in [3.63, 3.8) is 0 Å². The van der Waals surface area contributed by atoms with Crippen LogP contribution >= 0.6 is 0 Å². The number of rotatable bonds is 4. The molecule has 2 N–H and O–H groups in total. The second-order valence-corrected chi connectivity index (χ2v) is 6.70. The van der Waals surface area contributed by atoms with Gasteiger partial charge in [-0.15, -0.1) is 0 Å². The normalized spacial score (nSPS) is 31.2. The molecule has 1 saturated carbocycles. The zero-order valence-corrected chi connectivity index (χ0v) is 12.9. The van der Waals surface area contributed by atoms with Gasteiger partial charge in [-0.05, 0) is 62.8 Å². The van der Waals surface area contributed by atoms with E-state index in [4.69, 9.17) is 0 Å². The zero-order valence-electron chi connectivity index (χ0n) is 12.9. The smallest absolute Gasteiger partial charge is 0.123 e. The molecule has 1 aromatic rings. The van der Waals surface area contributed by atoms with Crippen LogP contribution in [-0.2, 0) is 0 Å². The fourth-order valence-electron chi connectivity index (χ4n) is 4.11. The van der Waals surface area contributed by atoms with Gasteiger partial charge in [0.15, 0.2) is 0 Å². The second-order valence-electron chi connectivity index (χ2n) is 6.70. The largest absolute Gasteiger partial charge is 0.314 e. The summed E-state index contributed by atoms with van der Waals surface area (Å²) in [6.45, 7) is 3.33. The number of hydrogen-bond donors (Lipinski definition) is 2. The maximum Gasteiger partial charge on any atom is 0.123 e. The highest BCUT2D eigenvalue weighted by atomic mass is 19.1. The van der Waals surface area contributed by atoms with Crippen molar-refractivity contribution in [2.24, 2.45) is 5.92 Å². The summed E-state index contributed by atoms with van der Waals surface area (Å²) in [6.07, 6.45) is 7.89. The minimum atomic E-state index is -0.141. The molecule has 1 aromatic carbocycles. The average Bonchev–Trinajstić information content (AvgIpc) is 2.96. The molecule has 2 aliphatic rings. The number of piperidine rings is 1. The Morgan fingerprint density at radius 2 is 2.10 bits per heavy atom. The van der Waals surface area contributed by atoms with Crippen LogP contribution < -0.4 is 10.6 Å². The molecule has 3 rings (SSSR count). The Kier molecular flexibility index (Phi) is 4.91. The SMILES string of the molecule is CC(NC1CCCC1C1CCCCN1)c1cccc(F)c1. The summed E-state index contributed by atoms with van der Waals surface area (Å²) in [7, 11) is 0. The highest BCUT2D eigenvalue weighted by Crippen LogP contribution is 2.33. The van der Waals surface area contributed by atoms with E-state index >= 15 is 0 Å². The third kappa shape index (κ3) is 3.64. The molecule has 1 heterocycles. The van der Waals surface area contributed by atoms with Crippen molar-refractivity contribution in [3.8, 4) is 0 Å². The summed E-state index contributed by atoms with van der Waals surface area (Å²) < 4.78 is 13.4. The van der Waals surface area contributed by atoms with Gasteiger partial charge in [-0.3, -0.25) is 0 Å². The molecule has 0 radical (unpaired) electrons. The van der Waals surface area contributed by atoms with Gasteiger partial charge >= 0.3 is 0 Å². The first kappa shape index (κ1) is 15.0. The minimum absolute atomic E-state index is 0.141. The van der Waals surface area contributed by atoms with Gasteiger partial charge in [0.25, 0.3) is 0 Å². The molecular formula is C18H27FN2. The molecule has 21 heavy (non-hydrogen) atoms. The van der Waals surface area contributed by atoms with E-state index in [1.54, 1.807) is 12.1 Å². The fourth-order valence-corrected chi connectivity index (χ4v) is 4.11. The molecule has 0 aromatic heterocycles. The Balaban J connectivity index is 1.62. The van der Waals surface area contributed by atoms with Crippen molar-refractivity contribution in [1.29, 1.82) is 0 Å². The molecule has 3 heteroatoms. The Bertz CT molecular complexity index is 456. The van der Waals surface area contributed by atoms with Crippen LogP contribution in [0, 0.1) is 11.7 Å². The number of nitrogens with one attached hydrogen (secondary N) is 2. The van der Waals surface area contributed by atoms with E-state index in [1.165, 1.54) is 51.1 Å². The standard InChI is InChI=1S/C18H27FN2/c1-13(14-6-4-7-15(19)12-14)21-18-10-5-8-16(18)17-9-2-3-11-20-17/h4,6-7,12-13,16-18,20-21H,2-3,5,8-11H2,1H3. The number of halogens is 1. The van der Waals surface area contributed by atoms with Gasteiger partial charge in [0.1, 0.15) is 5.82 Å². The van der Waals surface area contributed by atoms with Crippen LogP contribution in [0.15, 0.2) is 24.3 Å². The van der Waals surface area contributed by atoms with Crippen LogP contribution in [0.25, 0.3) is 0 Å². The second kappa shape index (κ2) is 6.89. The quantitative estimate of drug-likeness (QED) is 0.881. The van der Waals surface area contributed by atoms with E-state index in [1.807, 2.05) is 6.07 Å². The molecule has 1 aliphatic carbocycles. The van der Waals surface area contributed by atoms with Crippen LogP contribution in [0.1, 0.15) is 57.1 Å². The lowest BCUT2D eigenvalue weighted by molar-refractivity contribution is 0.248. The fraction of sp³-hybridized carbons (Fsp3) is 0.667. The lowest BCUT2D eigenvalue weighted by Gasteiger charge is -2.34. The average molecular weight is 290 g/mol. The Labute approximate surface area is 127 Å². The van der Waals surface area contributed by atoms with Crippen molar-refractivity contribution in [3.05, 3.63) is 35.6 Å².